The Bertz CT molecular complexity index is 426. The number of aryl methyl sites for hydroxylation is 1. The zero-order valence-corrected chi connectivity index (χ0v) is 13.3. The second-order valence-corrected chi connectivity index (χ2v) is 4.63. The summed E-state index contributed by atoms with van der Waals surface area (Å²) in [6.45, 7) is 4.27. The van der Waals surface area contributed by atoms with E-state index >= 15 is 0 Å². The SMILES string of the molecule is CCC(C)C(NC(=O)CC[n+]1ccccc1)C(=O)O.[Br-]. The summed E-state index contributed by atoms with van der Waals surface area (Å²) in [6, 6.07) is 4.87. The molecule has 0 saturated heterocycles. The third-order valence-electron chi connectivity index (χ3n) is 3.17. The van der Waals surface area contributed by atoms with Crippen LogP contribution in [-0.2, 0) is 16.1 Å². The van der Waals surface area contributed by atoms with Crippen LogP contribution >= 0.6 is 0 Å². The van der Waals surface area contributed by atoms with Crippen molar-refractivity contribution in [2.45, 2.75) is 39.3 Å². The molecule has 0 spiro atoms. The van der Waals surface area contributed by atoms with Crippen LogP contribution in [0.3, 0.4) is 0 Å². The highest BCUT2D eigenvalue weighted by Crippen LogP contribution is 2.08. The second kappa shape index (κ2) is 9.47. The number of carbonyl (C=O) groups is 2. The van der Waals surface area contributed by atoms with Crippen molar-refractivity contribution >= 4 is 11.9 Å². The lowest BCUT2D eigenvalue weighted by atomic mass is 9.99. The molecule has 2 N–H and O–H groups in total. The van der Waals surface area contributed by atoms with Gasteiger partial charge in [0.25, 0.3) is 0 Å². The molecule has 1 heterocycles. The van der Waals surface area contributed by atoms with Gasteiger partial charge in [-0.25, -0.2) is 9.36 Å². The highest BCUT2D eigenvalue weighted by atomic mass is 79.9. The Hall–Kier alpha value is -1.43. The smallest absolute Gasteiger partial charge is 0.326 e. The molecule has 1 rings (SSSR count). The van der Waals surface area contributed by atoms with E-state index in [1.54, 1.807) is 0 Å². The number of carbonyl (C=O) groups excluding carboxylic acids is 1. The van der Waals surface area contributed by atoms with E-state index in [0.29, 0.717) is 13.0 Å². The Labute approximate surface area is 129 Å². The van der Waals surface area contributed by atoms with E-state index < -0.39 is 12.0 Å². The number of carboxylic acids is 1. The van der Waals surface area contributed by atoms with Crippen molar-refractivity contribution in [3.05, 3.63) is 30.6 Å². The minimum absolute atomic E-state index is 0. The van der Waals surface area contributed by atoms with Gasteiger partial charge in [0.05, 0.1) is 6.42 Å². The zero-order valence-electron chi connectivity index (χ0n) is 11.8. The van der Waals surface area contributed by atoms with Crippen molar-refractivity contribution in [3.8, 4) is 0 Å². The molecule has 112 valence electrons. The molecule has 20 heavy (non-hydrogen) atoms. The first-order chi connectivity index (χ1) is 9.04. The predicted octanol–water partition coefficient (Wildman–Crippen LogP) is -2.02. The fourth-order valence-electron chi connectivity index (χ4n) is 1.74. The van der Waals surface area contributed by atoms with Crippen LogP contribution in [-0.4, -0.2) is 23.0 Å². The molecule has 0 aromatic carbocycles. The zero-order chi connectivity index (χ0) is 14.3. The van der Waals surface area contributed by atoms with Gasteiger partial charge >= 0.3 is 5.97 Å². The van der Waals surface area contributed by atoms with Gasteiger partial charge in [-0.3, -0.25) is 4.79 Å². The van der Waals surface area contributed by atoms with Crippen LogP contribution in [0.5, 0.6) is 0 Å². The lowest BCUT2D eigenvalue weighted by Gasteiger charge is -2.19. The minimum atomic E-state index is -0.977. The molecule has 5 nitrogen and oxygen atoms in total. The van der Waals surface area contributed by atoms with Crippen LogP contribution in [0.2, 0.25) is 0 Å². The largest absolute Gasteiger partial charge is 1.00 e. The molecule has 1 amide bonds. The van der Waals surface area contributed by atoms with Crippen LogP contribution in [0, 0.1) is 5.92 Å². The fourth-order valence-corrected chi connectivity index (χ4v) is 1.74. The van der Waals surface area contributed by atoms with Crippen molar-refractivity contribution in [3.63, 3.8) is 0 Å². The summed E-state index contributed by atoms with van der Waals surface area (Å²) < 4.78 is 1.89. The quantitative estimate of drug-likeness (QED) is 0.561. The average Bonchev–Trinajstić information content (AvgIpc) is 2.42. The monoisotopic (exact) mass is 344 g/mol. The number of rotatable bonds is 7. The van der Waals surface area contributed by atoms with Gasteiger partial charge in [-0.05, 0) is 5.92 Å². The van der Waals surface area contributed by atoms with E-state index in [4.69, 9.17) is 5.11 Å². The summed E-state index contributed by atoms with van der Waals surface area (Å²) in [5.74, 6) is -1.29. The molecular formula is C14H21BrN2O3. The summed E-state index contributed by atoms with van der Waals surface area (Å²) in [6.07, 6.45) is 4.73. The maximum Gasteiger partial charge on any atom is 0.326 e. The van der Waals surface area contributed by atoms with Gasteiger partial charge in [0.1, 0.15) is 6.04 Å². The summed E-state index contributed by atoms with van der Waals surface area (Å²) >= 11 is 0. The average molecular weight is 345 g/mol. The fraction of sp³-hybridized carbons (Fsp3) is 0.500. The first-order valence-corrected chi connectivity index (χ1v) is 6.50. The van der Waals surface area contributed by atoms with Crippen molar-refractivity contribution in [1.82, 2.24) is 5.32 Å². The molecule has 0 aliphatic carbocycles. The predicted molar refractivity (Wildman–Crippen MR) is 70.3 cm³/mol. The topological polar surface area (TPSA) is 70.3 Å². The number of carboxylic acid groups (broad SMARTS) is 1. The molecule has 2 unspecified atom stereocenters. The highest BCUT2D eigenvalue weighted by molar-refractivity contribution is 5.83. The number of halogens is 1. The van der Waals surface area contributed by atoms with Crippen molar-refractivity contribution < 1.29 is 36.2 Å². The highest BCUT2D eigenvalue weighted by Gasteiger charge is 2.25. The lowest BCUT2D eigenvalue weighted by Crippen LogP contribution is -3.00. The van der Waals surface area contributed by atoms with E-state index in [0.717, 1.165) is 0 Å². The number of pyridine rings is 1. The van der Waals surface area contributed by atoms with Crippen molar-refractivity contribution in [1.29, 1.82) is 0 Å². The van der Waals surface area contributed by atoms with Crippen LogP contribution in [0.25, 0.3) is 0 Å². The number of nitrogens with zero attached hydrogens (tertiary/aromatic N) is 1. The minimum Gasteiger partial charge on any atom is -1.00 e. The number of hydrogen-bond donors (Lipinski definition) is 2. The Morgan fingerprint density at radius 3 is 2.35 bits per heavy atom. The Morgan fingerprint density at radius 1 is 1.25 bits per heavy atom. The van der Waals surface area contributed by atoms with Crippen LogP contribution in [0.15, 0.2) is 30.6 Å². The molecule has 0 aliphatic heterocycles. The first-order valence-electron chi connectivity index (χ1n) is 6.50. The van der Waals surface area contributed by atoms with Crippen molar-refractivity contribution in [2.75, 3.05) is 0 Å². The third kappa shape index (κ3) is 6.14. The van der Waals surface area contributed by atoms with Gasteiger partial charge in [-0.2, -0.15) is 0 Å². The molecule has 1 aromatic heterocycles. The molecule has 0 bridgehead atoms. The normalized spacial score (nSPS) is 12.9. The van der Waals surface area contributed by atoms with Gasteiger partial charge in [-0.1, -0.05) is 26.3 Å². The summed E-state index contributed by atoms with van der Waals surface area (Å²) in [7, 11) is 0. The number of aromatic nitrogens is 1. The molecule has 0 fully saturated rings. The van der Waals surface area contributed by atoms with Gasteiger partial charge in [0.15, 0.2) is 18.9 Å². The Morgan fingerprint density at radius 2 is 1.85 bits per heavy atom. The maximum absolute atomic E-state index is 11.8. The molecule has 2 atom stereocenters. The number of nitrogens with one attached hydrogen (secondary N) is 1. The van der Waals surface area contributed by atoms with Gasteiger partial charge < -0.3 is 27.4 Å². The Balaban J connectivity index is 0.00000361. The van der Waals surface area contributed by atoms with E-state index in [2.05, 4.69) is 5.32 Å². The maximum atomic E-state index is 11.8. The molecule has 0 aliphatic rings. The number of hydrogen-bond acceptors (Lipinski definition) is 2. The first kappa shape index (κ1) is 18.6. The molecular weight excluding hydrogens is 324 g/mol. The van der Waals surface area contributed by atoms with Gasteiger partial charge in [0, 0.05) is 12.1 Å². The molecule has 6 heteroatoms. The van der Waals surface area contributed by atoms with E-state index in [1.165, 1.54) is 0 Å². The lowest BCUT2D eigenvalue weighted by molar-refractivity contribution is -0.695. The number of amides is 1. The van der Waals surface area contributed by atoms with Crippen LogP contribution < -0.4 is 26.9 Å². The van der Waals surface area contributed by atoms with Gasteiger partial charge in [0.2, 0.25) is 5.91 Å². The molecule has 0 radical (unpaired) electrons. The van der Waals surface area contributed by atoms with E-state index in [-0.39, 0.29) is 35.2 Å². The van der Waals surface area contributed by atoms with Gasteiger partial charge in [-0.15, -0.1) is 0 Å². The Kier molecular flexibility index (Phi) is 8.79. The summed E-state index contributed by atoms with van der Waals surface area (Å²) in [4.78, 5) is 22.9. The summed E-state index contributed by atoms with van der Waals surface area (Å²) in [5, 5.41) is 11.7. The standard InChI is InChI=1S/C14H20N2O3.BrH/c1-3-11(2)13(14(18)19)15-12(17)7-10-16-8-5-4-6-9-16;/h4-6,8-9,11,13H,3,7,10H2,1-2H3,(H-,15,17,18,19);1H. The van der Waals surface area contributed by atoms with E-state index in [9.17, 15) is 9.59 Å². The van der Waals surface area contributed by atoms with Crippen LogP contribution in [0.1, 0.15) is 26.7 Å². The van der Waals surface area contributed by atoms with E-state index in [1.807, 2.05) is 49.0 Å². The molecule has 0 saturated carbocycles. The number of aliphatic carboxylic acids is 1. The second-order valence-electron chi connectivity index (χ2n) is 4.63. The van der Waals surface area contributed by atoms with Crippen molar-refractivity contribution in [2.24, 2.45) is 5.92 Å². The third-order valence-corrected chi connectivity index (χ3v) is 3.17. The summed E-state index contributed by atoms with van der Waals surface area (Å²) in [5.41, 5.74) is 0. The molecule has 1 aromatic rings. The van der Waals surface area contributed by atoms with Crippen LogP contribution in [0.4, 0.5) is 0 Å².